The Hall–Kier alpha value is -0.820. The topological polar surface area (TPSA) is 75.4 Å². The van der Waals surface area contributed by atoms with Crippen LogP contribution in [0, 0.1) is 0 Å². The second kappa shape index (κ2) is 6.30. The van der Waals surface area contributed by atoms with Gasteiger partial charge in [0.1, 0.15) is 0 Å². The number of benzene rings is 1. The predicted molar refractivity (Wildman–Crippen MR) is 81.6 cm³/mol. The van der Waals surface area contributed by atoms with Crippen molar-refractivity contribution in [2.45, 2.75) is 30.2 Å². The van der Waals surface area contributed by atoms with Crippen LogP contribution in [0.15, 0.2) is 23.1 Å². The average molecular weight is 318 g/mol. The summed E-state index contributed by atoms with van der Waals surface area (Å²) in [4.78, 5) is 2.37. The molecule has 1 atom stereocenters. The first-order valence-electron chi connectivity index (χ1n) is 6.64. The monoisotopic (exact) mass is 317 g/mol. The zero-order valence-corrected chi connectivity index (χ0v) is 13.0. The lowest BCUT2D eigenvalue weighted by molar-refractivity contribution is 0.348. The largest absolute Gasteiger partial charge is 0.381 e. The maximum atomic E-state index is 11.4. The van der Waals surface area contributed by atoms with E-state index in [2.05, 4.69) is 17.3 Å². The number of sulfonamides is 1. The van der Waals surface area contributed by atoms with Crippen LogP contribution in [0.3, 0.4) is 0 Å². The number of likely N-dealkylation sites (tertiary alicyclic amines) is 1. The maximum absolute atomic E-state index is 11.4. The third kappa shape index (κ3) is 4.09. The van der Waals surface area contributed by atoms with Crippen molar-refractivity contribution in [2.75, 3.05) is 25.5 Å². The van der Waals surface area contributed by atoms with Crippen LogP contribution in [0.25, 0.3) is 0 Å². The fraction of sp³-hybridized carbons (Fsp3) is 0.538. The number of hydrogen-bond acceptors (Lipinski definition) is 4. The van der Waals surface area contributed by atoms with Crippen molar-refractivity contribution in [1.82, 2.24) is 4.90 Å². The lowest BCUT2D eigenvalue weighted by atomic mass is 10.1. The van der Waals surface area contributed by atoms with Crippen LogP contribution < -0.4 is 10.5 Å². The highest BCUT2D eigenvalue weighted by molar-refractivity contribution is 7.89. The third-order valence-electron chi connectivity index (χ3n) is 3.58. The van der Waals surface area contributed by atoms with Gasteiger partial charge in [-0.1, -0.05) is 11.6 Å². The molecule has 5 nitrogen and oxygen atoms in total. The van der Waals surface area contributed by atoms with Crippen molar-refractivity contribution in [3.63, 3.8) is 0 Å². The second-order valence-corrected chi connectivity index (χ2v) is 7.23. The summed E-state index contributed by atoms with van der Waals surface area (Å²) in [5.74, 6) is 0. The van der Waals surface area contributed by atoms with Crippen molar-refractivity contribution in [1.29, 1.82) is 0 Å². The van der Waals surface area contributed by atoms with Gasteiger partial charge in [-0.25, -0.2) is 13.6 Å². The van der Waals surface area contributed by atoms with Crippen LogP contribution in [0.5, 0.6) is 0 Å². The minimum absolute atomic E-state index is 0.0788. The van der Waals surface area contributed by atoms with E-state index in [4.69, 9.17) is 16.7 Å². The zero-order chi connectivity index (χ0) is 14.8. The first kappa shape index (κ1) is 15.6. The Labute approximate surface area is 125 Å². The third-order valence-corrected chi connectivity index (χ3v) is 4.82. The number of rotatable bonds is 3. The summed E-state index contributed by atoms with van der Waals surface area (Å²) in [6, 6.07) is 4.79. The van der Waals surface area contributed by atoms with Gasteiger partial charge in [0.15, 0.2) is 0 Å². The summed E-state index contributed by atoms with van der Waals surface area (Å²) >= 11 is 6.13. The Balaban J connectivity index is 2.16. The van der Waals surface area contributed by atoms with E-state index >= 15 is 0 Å². The molecular weight excluding hydrogens is 298 g/mol. The van der Waals surface area contributed by atoms with Crippen molar-refractivity contribution >= 4 is 27.3 Å². The van der Waals surface area contributed by atoms with Gasteiger partial charge in [-0.2, -0.15) is 0 Å². The highest BCUT2D eigenvalue weighted by atomic mass is 35.5. The van der Waals surface area contributed by atoms with E-state index in [1.54, 1.807) is 6.07 Å². The van der Waals surface area contributed by atoms with E-state index in [1.165, 1.54) is 12.1 Å². The van der Waals surface area contributed by atoms with Crippen LogP contribution >= 0.6 is 11.6 Å². The van der Waals surface area contributed by atoms with E-state index < -0.39 is 10.0 Å². The summed E-state index contributed by atoms with van der Waals surface area (Å²) in [6.45, 7) is 2.10. The fourth-order valence-electron chi connectivity index (χ4n) is 2.40. The van der Waals surface area contributed by atoms with Gasteiger partial charge < -0.3 is 10.2 Å². The van der Waals surface area contributed by atoms with Crippen molar-refractivity contribution in [3.8, 4) is 0 Å². The van der Waals surface area contributed by atoms with E-state index in [9.17, 15) is 8.42 Å². The number of primary sulfonamides is 1. The molecule has 20 heavy (non-hydrogen) atoms. The predicted octanol–water partition coefficient (Wildman–Crippen LogP) is 1.88. The molecule has 0 aromatic heterocycles. The molecule has 1 heterocycles. The first-order valence-corrected chi connectivity index (χ1v) is 8.56. The molecule has 1 saturated heterocycles. The molecule has 3 N–H and O–H groups in total. The number of nitrogens with zero attached hydrogens (tertiary/aromatic N) is 1. The number of hydrogen-bond donors (Lipinski definition) is 2. The summed E-state index contributed by atoms with van der Waals surface area (Å²) < 4.78 is 22.8. The van der Waals surface area contributed by atoms with Crippen LogP contribution in [0.4, 0.5) is 5.69 Å². The minimum Gasteiger partial charge on any atom is -0.381 e. The molecule has 1 aromatic carbocycles. The maximum Gasteiger partial charge on any atom is 0.238 e. The SMILES string of the molecule is CN1CCCC(Nc2cc(S(N)(=O)=O)ccc2Cl)CC1. The molecule has 1 aliphatic heterocycles. The van der Waals surface area contributed by atoms with Crippen LogP contribution in [-0.4, -0.2) is 39.5 Å². The molecule has 1 aliphatic rings. The summed E-state index contributed by atoms with van der Waals surface area (Å²) in [5, 5.41) is 9.00. The molecule has 0 bridgehead atoms. The van der Waals surface area contributed by atoms with E-state index in [0.29, 0.717) is 16.8 Å². The molecule has 1 aromatic rings. The van der Waals surface area contributed by atoms with Gasteiger partial charge in [-0.3, -0.25) is 0 Å². The summed E-state index contributed by atoms with van der Waals surface area (Å²) in [5.41, 5.74) is 0.632. The Morgan fingerprint density at radius 3 is 2.80 bits per heavy atom. The Bertz CT molecular complexity index is 577. The van der Waals surface area contributed by atoms with Gasteiger partial charge in [-0.15, -0.1) is 0 Å². The van der Waals surface area contributed by atoms with E-state index in [-0.39, 0.29) is 4.90 Å². The van der Waals surface area contributed by atoms with E-state index in [1.807, 2.05) is 0 Å². The number of anilines is 1. The molecule has 2 rings (SSSR count). The fourth-order valence-corrected chi connectivity index (χ4v) is 3.11. The van der Waals surface area contributed by atoms with Crippen molar-refractivity contribution in [2.24, 2.45) is 5.14 Å². The Morgan fingerprint density at radius 2 is 2.10 bits per heavy atom. The van der Waals surface area contributed by atoms with Crippen LogP contribution in [0.2, 0.25) is 5.02 Å². The summed E-state index contributed by atoms with van der Waals surface area (Å²) in [7, 11) is -1.60. The Kier molecular flexibility index (Phi) is 4.90. The molecule has 0 aliphatic carbocycles. The molecule has 0 spiro atoms. The van der Waals surface area contributed by atoms with E-state index in [0.717, 1.165) is 32.4 Å². The second-order valence-electron chi connectivity index (χ2n) is 5.26. The van der Waals surface area contributed by atoms with Crippen molar-refractivity contribution < 1.29 is 8.42 Å². The normalized spacial score (nSPS) is 21.4. The highest BCUT2D eigenvalue weighted by Crippen LogP contribution is 2.27. The number of nitrogens with one attached hydrogen (secondary N) is 1. The molecule has 7 heteroatoms. The van der Waals surface area contributed by atoms with Gasteiger partial charge in [0.2, 0.25) is 10.0 Å². The van der Waals surface area contributed by atoms with Gasteiger partial charge in [0.25, 0.3) is 0 Å². The zero-order valence-electron chi connectivity index (χ0n) is 11.5. The molecule has 1 unspecified atom stereocenters. The smallest absolute Gasteiger partial charge is 0.238 e. The standard InChI is InChI=1S/C13H20ClN3O2S/c1-17-7-2-3-10(6-8-17)16-13-9-11(20(15,18)19)4-5-12(13)14/h4-5,9-10,16H,2-3,6-8H2,1H3,(H2,15,18,19). The van der Waals surface area contributed by atoms with Crippen molar-refractivity contribution in [3.05, 3.63) is 23.2 Å². The van der Waals surface area contributed by atoms with Gasteiger partial charge >= 0.3 is 0 Å². The number of halogens is 1. The molecule has 0 radical (unpaired) electrons. The number of nitrogens with two attached hydrogens (primary N) is 1. The van der Waals surface area contributed by atoms with Gasteiger partial charge in [0, 0.05) is 6.04 Å². The minimum atomic E-state index is -3.71. The average Bonchev–Trinajstić information content (AvgIpc) is 2.56. The molecule has 1 fully saturated rings. The highest BCUT2D eigenvalue weighted by Gasteiger charge is 2.17. The molecule has 0 amide bonds. The molecule has 112 valence electrons. The van der Waals surface area contributed by atoms with Gasteiger partial charge in [0.05, 0.1) is 15.6 Å². The molecular formula is C13H20ClN3O2S. The lowest BCUT2D eigenvalue weighted by Crippen LogP contribution is -2.23. The first-order chi connectivity index (χ1) is 9.36. The quantitative estimate of drug-likeness (QED) is 0.892. The van der Waals surface area contributed by atoms with Gasteiger partial charge in [-0.05, 0) is 57.6 Å². The van der Waals surface area contributed by atoms with Crippen LogP contribution in [0.1, 0.15) is 19.3 Å². The summed E-state index contributed by atoms with van der Waals surface area (Å²) in [6.07, 6.45) is 3.16. The molecule has 0 saturated carbocycles. The Morgan fingerprint density at radius 1 is 1.35 bits per heavy atom. The van der Waals surface area contributed by atoms with Crippen LogP contribution in [-0.2, 0) is 10.0 Å². The lowest BCUT2D eigenvalue weighted by Gasteiger charge is -2.19.